The summed E-state index contributed by atoms with van der Waals surface area (Å²) in [7, 11) is -2.08. The summed E-state index contributed by atoms with van der Waals surface area (Å²) >= 11 is 0.709. The van der Waals surface area contributed by atoms with Crippen molar-refractivity contribution in [2.75, 3.05) is 12.4 Å². The molecule has 0 bridgehead atoms. The van der Waals surface area contributed by atoms with Gasteiger partial charge in [-0.1, -0.05) is 0 Å². The van der Waals surface area contributed by atoms with E-state index in [-0.39, 0.29) is 22.5 Å². The number of carbonyl (C=O) groups excluding carboxylic acids is 1. The zero-order valence-electron chi connectivity index (χ0n) is 21.6. The number of hydrogen-bond donors (Lipinski definition) is 2. The molecule has 1 radical (unpaired) electrons. The Bertz CT molecular complexity index is 1650. The van der Waals surface area contributed by atoms with Crippen LogP contribution in [0.1, 0.15) is 30.0 Å². The Morgan fingerprint density at radius 1 is 1.00 bits per heavy atom. The van der Waals surface area contributed by atoms with Crippen molar-refractivity contribution in [2.24, 2.45) is 5.92 Å². The number of ether oxygens (including phenoxy) is 1. The van der Waals surface area contributed by atoms with Gasteiger partial charge in [0.1, 0.15) is 11.3 Å². The van der Waals surface area contributed by atoms with Crippen LogP contribution in [-0.4, -0.2) is 47.1 Å². The van der Waals surface area contributed by atoms with Crippen LogP contribution in [0.4, 0.5) is 5.69 Å². The van der Waals surface area contributed by atoms with Gasteiger partial charge in [-0.3, -0.25) is 0 Å². The standard InChI is InChI=1S/C28H26AsINO7S/c1-15(2)24(28(33)34)29-39(35,36)20-11-7-18(8-12-20)17-5-9-19(10-6-17)31-27(32)25-16(3)23-22(38-25)14-13-21(30)26(23)37-4/h5-15,24H,1-4H3,(H,31,32)(H,33,34). The van der Waals surface area contributed by atoms with E-state index < -0.39 is 33.4 Å². The van der Waals surface area contributed by atoms with Gasteiger partial charge >= 0.3 is 163 Å². The van der Waals surface area contributed by atoms with Crippen molar-refractivity contribution in [1.82, 2.24) is 0 Å². The van der Waals surface area contributed by atoms with E-state index in [0.29, 0.717) is 22.6 Å². The molecule has 2 N–H and O–H groups in total. The number of benzene rings is 3. The normalized spacial score (nSPS) is 12.8. The summed E-state index contributed by atoms with van der Waals surface area (Å²) in [6, 6.07) is 17.2. The summed E-state index contributed by atoms with van der Waals surface area (Å²) < 4.78 is 37.0. The van der Waals surface area contributed by atoms with Gasteiger partial charge in [-0.05, 0) is 41.6 Å². The van der Waals surface area contributed by atoms with E-state index in [1.165, 1.54) is 12.1 Å². The second kappa shape index (κ2) is 11.7. The van der Waals surface area contributed by atoms with E-state index in [1.807, 2.05) is 31.2 Å². The molecular formula is C28H26AsINO7S. The number of halogens is 1. The molecule has 39 heavy (non-hydrogen) atoms. The van der Waals surface area contributed by atoms with Crippen LogP contribution in [0.5, 0.6) is 5.75 Å². The largest absolute Gasteiger partial charge is 0.0672 e. The summed E-state index contributed by atoms with van der Waals surface area (Å²) in [5, 5.41) is 13.0. The monoisotopic (exact) mass is 722 g/mol. The van der Waals surface area contributed by atoms with Crippen molar-refractivity contribution >= 4 is 73.8 Å². The van der Waals surface area contributed by atoms with E-state index in [0.717, 1.165) is 20.1 Å². The minimum absolute atomic E-state index is 0.120. The van der Waals surface area contributed by atoms with Gasteiger partial charge in [0.2, 0.25) is 0 Å². The molecule has 0 saturated carbocycles. The zero-order chi connectivity index (χ0) is 28.5. The summed E-state index contributed by atoms with van der Waals surface area (Å²) in [6.07, 6.45) is 0. The van der Waals surface area contributed by atoms with Gasteiger partial charge in [0, 0.05) is 5.56 Å². The molecule has 0 spiro atoms. The number of fused-ring (bicyclic) bond motifs is 1. The first-order valence-corrected chi connectivity index (χ1v) is 17.8. The molecule has 0 aliphatic heterocycles. The maximum absolute atomic E-state index is 13.0. The Morgan fingerprint density at radius 3 is 2.13 bits per heavy atom. The fraction of sp³-hybridized carbons (Fsp3) is 0.214. The maximum Gasteiger partial charge on any atom is 0.0672 e. The quantitative estimate of drug-likeness (QED) is 0.156. The summed E-state index contributed by atoms with van der Waals surface area (Å²) in [6.45, 7) is 5.25. The number of carboxylic acid groups (broad SMARTS) is 1. The number of furan rings is 1. The number of carbonyl (C=O) groups is 2. The van der Waals surface area contributed by atoms with E-state index in [9.17, 15) is 23.1 Å². The zero-order valence-corrected chi connectivity index (χ0v) is 26.4. The van der Waals surface area contributed by atoms with E-state index in [2.05, 4.69) is 27.9 Å². The van der Waals surface area contributed by atoms with Gasteiger partial charge in [0.25, 0.3) is 0 Å². The number of carboxylic acids is 1. The third kappa shape index (κ3) is 6.18. The number of nitrogens with one attached hydrogen (secondary N) is 1. The molecule has 1 heterocycles. The molecule has 1 atom stereocenters. The molecule has 1 unspecified atom stereocenters. The topological polar surface area (TPSA) is 123 Å². The third-order valence-electron chi connectivity index (χ3n) is 6.17. The average Bonchev–Trinajstić information content (AvgIpc) is 3.24. The maximum atomic E-state index is 13.0. The van der Waals surface area contributed by atoms with Crippen LogP contribution in [0.25, 0.3) is 22.1 Å². The van der Waals surface area contributed by atoms with Crippen molar-refractivity contribution in [3.8, 4) is 16.9 Å². The van der Waals surface area contributed by atoms with Gasteiger partial charge in [-0.25, -0.2) is 0 Å². The van der Waals surface area contributed by atoms with Crippen LogP contribution in [0.15, 0.2) is 70.0 Å². The second-order valence-electron chi connectivity index (χ2n) is 9.17. The molecule has 0 aliphatic rings. The number of rotatable bonds is 9. The van der Waals surface area contributed by atoms with Crippen molar-refractivity contribution in [2.45, 2.75) is 30.4 Å². The predicted octanol–water partition coefficient (Wildman–Crippen LogP) is 6.20. The Kier molecular flexibility index (Phi) is 8.78. The van der Waals surface area contributed by atoms with Crippen molar-refractivity contribution in [1.29, 1.82) is 0 Å². The molecule has 1 amide bonds. The van der Waals surface area contributed by atoms with E-state index >= 15 is 0 Å². The number of hydrogen-bond acceptors (Lipinski definition) is 6. The SMILES string of the molecule is COc1c(I)ccc2oc(C(=O)Nc3ccc(-c4ccc(S(=O)(=O)[As]C(C(=O)O)C(C)C)cc4)cc3)c(C)c12. The molecule has 3 aromatic carbocycles. The molecule has 11 heteroatoms. The second-order valence-corrected chi connectivity index (χ2v) is 17.5. The fourth-order valence-corrected chi connectivity index (χ4v) is 11.5. The van der Waals surface area contributed by atoms with Crippen LogP contribution in [0, 0.1) is 16.4 Å². The van der Waals surface area contributed by atoms with Crippen LogP contribution in [0.2, 0.25) is 4.71 Å². The minimum Gasteiger partial charge on any atom is -0.0350 e. The summed E-state index contributed by atoms with van der Waals surface area (Å²) in [5.74, 6) is -0.858. The molecular weight excluding hydrogens is 696 g/mol. The Labute approximate surface area is 245 Å². The van der Waals surface area contributed by atoms with Crippen LogP contribution in [0.3, 0.4) is 0 Å². The van der Waals surface area contributed by atoms with Crippen LogP contribution < -0.4 is 10.1 Å². The van der Waals surface area contributed by atoms with Gasteiger partial charge in [0.05, 0.1) is 16.1 Å². The van der Waals surface area contributed by atoms with Gasteiger partial charge in [0.15, 0.2) is 0 Å². The van der Waals surface area contributed by atoms with Crippen molar-refractivity contribution in [3.05, 3.63) is 75.6 Å². The number of aryl methyl sites for hydroxylation is 1. The molecule has 203 valence electrons. The van der Waals surface area contributed by atoms with Crippen molar-refractivity contribution in [3.63, 3.8) is 0 Å². The molecule has 0 saturated heterocycles. The smallest absolute Gasteiger partial charge is 0.0350 e. The van der Waals surface area contributed by atoms with Crippen molar-refractivity contribution < 1.29 is 32.3 Å². The number of anilines is 1. The molecule has 8 nitrogen and oxygen atoms in total. The first kappa shape index (κ1) is 29.2. The summed E-state index contributed by atoms with van der Waals surface area (Å²) in [5.41, 5.74) is 3.45. The molecule has 0 aliphatic carbocycles. The molecule has 4 aromatic rings. The first-order valence-electron chi connectivity index (χ1n) is 11.9. The fourth-order valence-electron chi connectivity index (χ4n) is 4.11. The number of amides is 1. The third-order valence-corrected chi connectivity index (χ3v) is 14.6. The molecule has 1 aromatic heterocycles. The van der Waals surface area contributed by atoms with Crippen LogP contribution in [-0.2, 0) is 12.9 Å². The first-order chi connectivity index (χ1) is 18.4. The number of aliphatic carboxylic acids is 1. The van der Waals surface area contributed by atoms with E-state index in [4.69, 9.17) is 9.15 Å². The Balaban J connectivity index is 1.49. The number of methoxy groups -OCH3 is 1. The van der Waals surface area contributed by atoms with Gasteiger partial charge in [-0.15, -0.1) is 0 Å². The van der Waals surface area contributed by atoms with Gasteiger partial charge in [-0.2, -0.15) is 0 Å². The molecule has 4 rings (SSSR count). The van der Waals surface area contributed by atoms with E-state index in [1.54, 1.807) is 45.2 Å². The minimum atomic E-state index is -3.67. The predicted molar refractivity (Wildman–Crippen MR) is 159 cm³/mol. The van der Waals surface area contributed by atoms with Crippen LogP contribution >= 0.6 is 22.6 Å². The Morgan fingerprint density at radius 2 is 1.59 bits per heavy atom. The molecule has 0 fully saturated rings. The average molecular weight is 722 g/mol. The Hall–Kier alpha value is -2.82. The van der Waals surface area contributed by atoms with Gasteiger partial charge < -0.3 is 9.15 Å². The summed E-state index contributed by atoms with van der Waals surface area (Å²) in [4.78, 5) is 24.6.